The number of benzene rings is 1. The van der Waals surface area contributed by atoms with Crippen LogP contribution in [0.2, 0.25) is 0 Å². The molecule has 6 nitrogen and oxygen atoms in total. The van der Waals surface area contributed by atoms with Crippen molar-refractivity contribution in [3.05, 3.63) is 41.1 Å². The van der Waals surface area contributed by atoms with Crippen LogP contribution in [0.5, 0.6) is 0 Å². The number of amides is 2. The second-order valence-corrected chi connectivity index (χ2v) is 6.70. The Morgan fingerprint density at radius 1 is 1.38 bits per heavy atom. The molecular weight excluding hydrogens is 324 g/mol. The monoisotopic (exact) mass is 340 g/mol. The van der Waals surface area contributed by atoms with Gasteiger partial charge in [0.25, 0.3) is 5.91 Å². The molecule has 1 aromatic heterocycles. The minimum atomic E-state index is -0.342. The molecule has 0 bridgehead atoms. The third kappa shape index (κ3) is 3.29. The predicted molar refractivity (Wildman–Crippen MR) is 91.9 cm³/mol. The van der Waals surface area contributed by atoms with Crippen molar-refractivity contribution in [2.45, 2.75) is 20.3 Å². The van der Waals surface area contributed by atoms with Crippen molar-refractivity contribution < 1.29 is 9.59 Å². The minimum absolute atomic E-state index is 0.00935. The Balaban J connectivity index is 1.72. The molecule has 1 aliphatic carbocycles. The highest BCUT2D eigenvalue weighted by Crippen LogP contribution is 2.38. The molecule has 0 spiro atoms. The standard InChI is InChI=1S/C17H16N4O2S/c1-9-6-13(9)16(23)19-12-5-3-4-11(7-12)15(22)20-17-14(8-18)10(2)21-24-17/h3-5,7,9,13H,6H2,1-2H3,(H,19,23)(H,20,22)/t9-,13+/m1/s1. The van der Waals surface area contributed by atoms with E-state index in [-0.39, 0.29) is 17.7 Å². The molecule has 1 aromatic carbocycles. The van der Waals surface area contributed by atoms with E-state index >= 15 is 0 Å². The van der Waals surface area contributed by atoms with Crippen LogP contribution < -0.4 is 10.6 Å². The van der Waals surface area contributed by atoms with Gasteiger partial charge in [-0.1, -0.05) is 13.0 Å². The number of anilines is 2. The zero-order valence-electron chi connectivity index (χ0n) is 13.3. The number of carbonyl (C=O) groups is 2. The lowest BCUT2D eigenvalue weighted by molar-refractivity contribution is -0.117. The fraction of sp³-hybridized carbons (Fsp3) is 0.294. The van der Waals surface area contributed by atoms with Gasteiger partial charge < -0.3 is 10.6 Å². The summed E-state index contributed by atoms with van der Waals surface area (Å²) in [6.07, 6.45) is 0.910. The maximum atomic E-state index is 12.4. The van der Waals surface area contributed by atoms with Gasteiger partial charge in [-0.3, -0.25) is 9.59 Å². The Bertz CT molecular complexity index is 853. The van der Waals surface area contributed by atoms with Crippen LogP contribution in [0.15, 0.2) is 24.3 Å². The van der Waals surface area contributed by atoms with Gasteiger partial charge in [0, 0.05) is 17.2 Å². The summed E-state index contributed by atoms with van der Waals surface area (Å²) in [7, 11) is 0. The lowest BCUT2D eigenvalue weighted by atomic mass is 10.1. The van der Waals surface area contributed by atoms with Crippen LogP contribution in [0, 0.1) is 30.1 Å². The smallest absolute Gasteiger partial charge is 0.256 e. The molecule has 2 aromatic rings. The molecule has 3 rings (SSSR count). The van der Waals surface area contributed by atoms with Crippen LogP contribution in [0.4, 0.5) is 10.7 Å². The Morgan fingerprint density at radius 2 is 2.12 bits per heavy atom. The molecule has 24 heavy (non-hydrogen) atoms. The van der Waals surface area contributed by atoms with Crippen LogP contribution in [0.3, 0.4) is 0 Å². The number of carbonyl (C=O) groups excluding carboxylic acids is 2. The molecule has 2 atom stereocenters. The Labute approximate surface area is 143 Å². The van der Waals surface area contributed by atoms with E-state index in [1.807, 2.05) is 13.0 Å². The third-order valence-electron chi connectivity index (χ3n) is 4.04. The average molecular weight is 340 g/mol. The van der Waals surface area contributed by atoms with E-state index in [1.165, 1.54) is 0 Å². The molecule has 0 saturated heterocycles. The van der Waals surface area contributed by atoms with Gasteiger partial charge >= 0.3 is 0 Å². The van der Waals surface area contributed by atoms with Crippen LogP contribution in [-0.4, -0.2) is 16.2 Å². The fourth-order valence-electron chi connectivity index (χ4n) is 2.42. The number of hydrogen-bond acceptors (Lipinski definition) is 5. The van der Waals surface area contributed by atoms with E-state index in [4.69, 9.17) is 5.26 Å². The van der Waals surface area contributed by atoms with Gasteiger partial charge in [-0.15, -0.1) is 0 Å². The van der Waals surface area contributed by atoms with E-state index in [0.29, 0.717) is 33.4 Å². The molecule has 1 aliphatic rings. The second kappa shape index (κ2) is 6.42. The second-order valence-electron chi connectivity index (χ2n) is 5.93. The van der Waals surface area contributed by atoms with Crippen molar-refractivity contribution >= 4 is 34.0 Å². The van der Waals surface area contributed by atoms with Gasteiger partial charge in [-0.05, 0) is 49.0 Å². The number of hydrogen-bond donors (Lipinski definition) is 2. The summed E-state index contributed by atoms with van der Waals surface area (Å²) in [6.45, 7) is 3.76. The van der Waals surface area contributed by atoms with Gasteiger partial charge in [-0.25, -0.2) is 0 Å². The largest absolute Gasteiger partial charge is 0.326 e. The molecule has 0 aliphatic heterocycles. The van der Waals surface area contributed by atoms with Crippen molar-refractivity contribution in [3.8, 4) is 6.07 Å². The number of rotatable bonds is 4. The first-order valence-electron chi connectivity index (χ1n) is 7.58. The van der Waals surface area contributed by atoms with Crippen LogP contribution in [0.25, 0.3) is 0 Å². The maximum absolute atomic E-state index is 12.4. The fourth-order valence-corrected chi connectivity index (χ4v) is 3.17. The molecule has 7 heteroatoms. The number of nitrogens with one attached hydrogen (secondary N) is 2. The molecule has 0 unspecified atom stereocenters. The summed E-state index contributed by atoms with van der Waals surface area (Å²) < 4.78 is 4.07. The lowest BCUT2D eigenvalue weighted by Crippen LogP contribution is -2.16. The van der Waals surface area contributed by atoms with Gasteiger partial charge in [0.15, 0.2) is 0 Å². The number of aryl methyl sites for hydroxylation is 1. The first kappa shape index (κ1) is 16.1. The summed E-state index contributed by atoms with van der Waals surface area (Å²) in [5, 5.41) is 15.1. The SMILES string of the molecule is Cc1nsc(NC(=O)c2cccc(NC(=O)[C@H]3C[C@H]3C)c2)c1C#N. The molecule has 2 N–H and O–H groups in total. The number of aromatic nitrogens is 1. The van der Waals surface area contributed by atoms with E-state index in [2.05, 4.69) is 15.0 Å². The summed E-state index contributed by atoms with van der Waals surface area (Å²) >= 11 is 1.08. The Morgan fingerprint density at radius 3 is 2.79 bits per heavy atom. The third-order valence-corrected chi connectivity index (χ3v) is 4.89. The highest BCUT2D eigenvalue weighted by atomic mass is 32.1. The zero-order valence-corrected chi connectivity index (χ0v) is 14.1. The van der Waals surface area contributed by atoms with Gasteiger partial charge in [-0.2, -0.15) is 9.64 Å². The van der Waals surface area contributed by atoms with E-state index < -0.39 is 0 Å². The predicted octanol–water partition coefficient (Wildman–Crippen LogP) is 3.17. The van der Waals surface area contributed by atoms with Gasteiger partial charge in [0.1, 0.15) is 16.6 Å². The highest BCUT2D eigenvalue weighted by Gasteiger charge is 2.39. The van der Waals surface area contributed by atoms with E-state index in [1.54, 1.807) is 31.2 Å². The molecule has 0 radical (unpaired) electrons. The van der Waals surface area contributed by atoms with Crippen molar-refractivity contribution in [2.24, 2.45) is 11.8 Å². The Kier molecular flexibility index (Phi) is 4.32. The van der Waals surface area contributed by atoms with Crippen molar-refractivity contribution in [2.75, 3.05) is 10.6 Å². The van der Waals surface area contributed by atoms with Crippen LogP contribution in [-0.2, 0) is 4.79 Å². The van der Waals surface area contributed by atoms with E-state index in [0.717, 1.165) is 18.0 Å². The van der Waals surface area contributed by atoms with Gasteiger partial charge in [0.2, 0.25) is 5.91 Å². The molecule has 1 fully saturated rings. The average Bonchev–Trinajstić information content (AvgIpc) is 3.20. The summed E-state index contributed by atoms with van der Waals surface area (Å²) in [4.78, 5) is 24.4. The normalized spacial score (nSPS) is 18.5. The van der Waals surface area contributed by atoms with Crippen molar-refractivity contribution in [3.63, 3.8) is 0 Å². The minimum Gasteiger partial charge on any atom is -0.326 e. The first-order valence-corrected chi connectivity index (χ1v) is 8.35. The molecular formula is C17H16N4O2S. The summed E-state index contributed by atoms with van der Waals surface area (Å²) in [6, 6.07) is 8.78. The van der Waals surface area contributed by atoms with Crippen LogP contribution >= 0.6 is 11.5 Å². The summed E-state index contributed by atoms with van der Waals surface area (Å²) in [5.41, 5.74) is 1.97. The molecule has 1 heterocycles. The van der Waals surface area contributed by atoms with Crippen molar-refractivity contribution in [1.29, 1.82) is 5.26 Å². The molecule has 122 valence electrons. The molecule has 2 amide bonds. The quantitative estimate of drug-likeness (QED) is 0.893. The van der Waals surface area contributed by atoms with Crippen molar-refractivity contribution in [1.82, 2.24) is 4.37 Å². The number of nitriles is 1. The number of nitrogens with zero attached hydrogens (tertiary/aromatic N) is 2. The van der Waals surface area contributed by atoms with E-state index in [9.17, 15) is 9.59 Å². The highest BCUT2D eigenvalue weighted by molar-refractivity contribution is 7.10. The lowest BCUT2D eigenvalue weighted by Gasteiger charge is -2.07. The Hall–Kier alpha value is -2.72. The maximum Gasteiger partial charge on any atom is 0.256 e. The summed E-state index contributed by atoms with van der Waals surface area (Å²) in [5.74, 6) is 0.146. The van der Waals surface area contributed by atoms with Gasteiger partial charge in [0.05, 0.1) is 5.69 Å². The first-order chi connectivity index (χ1) is 11.5. The van der Waals surface area contributed by atoms with Crippen LogP contribution in [0.1, 0.15) is 35.0 Å². The zero-order chi connectivity index (χ0) is 17.3. The molecule has 1 saturated carbocycles. The topological polar surface area (TPSA) is 94.9 Å².